The number of hydrogen-bond acceptors (Lipinski definition) is 3. The van der Waals surface area contributed by atoms with E-state index in [-0.39, 0.29) is 18.4 Å². The fraction of sp³-hybridized carbons (Fsp3) is 0.333. The summed E-state index contributed by atoms with van der Waals surface area (Å²) in [6.45, 7) is 0.261. The van der Waals surface area contributed by atoms with Crippen molar-refractivity contribution in [3.05, 3.63) is 53.5 Å². The Bertz CT molecular complexity index is 651. The maximum Gasteiger partial charge on any atom is 0.435 e. The van der Waals surface area contributed by atoms with Crippen LogP contribution < -0.4 is 4.90 Å². The van der Waals surface area contributed by atoms with Crippen LogP contribution in [0, 0.1) is 5.82 Å². The Balaban J connectivity index is 1.84. The highest BCUT2D eigenvalue weighted by Gasteiger charge is 2.34. The van der Waals surface area contributed by atoms with Crippen LogP contribution in [0.5, 0.6) is 0 Å². The molecule has 0 amide bonds. The molecule has 3 nitrogen and oxygen atoms in total. The third-order valence-corrected chi connectivity index (χ3v) is 3.52. The molecule has 2 aromatic rings. The minimum Gasteiger partial charge on any atom is -0.348 e. The van der Waals surface area contributed by atoms with Crippen molar-refractivity contribution in [3.63, 3.8) is 0 Å². The van der Waals surface area contributed by atoms with Crippen LogP contribution in [0.3, 0.4) is 0 Å². The average molecular weight is 311 g/mol. The summed E-state index contributed by atoms with van der Waals surface area (Å²) in [5, 5.41) is 6.90. The molecule has 1 aliphatic rings. The van der Waals surface area contributed by atoms with Crippen LogP contribution in [0.25, 0.3) is 0 Å². The van der Waals surface area contributed by atoms with Crippen LogP contribution in [0.15, 0.2) is 36.4 Å². The van der Waals surface area contributed by atoms with Gasteiger partial charge in [0.1, 0.15) is 5.82 Å². The van der Waals surface area contributed by atoms with E-state index in [9.17, 15) is 17.6 Å². The fourth-order valence-corrected chi connectivity index (χ4v) is 2.22. The molecular formula is C15H13F4N3. The van der Waals surface area contributed by atoms with Crippen molar-refractivity contribution < 1.29 is 17.6 Å². The molecule has 1 heterocycles. The molecule has 1 aromatic carbocycles. The van der Waals surface area contributed by atoms with E-state index in [1.165, 1.54) is 12.1 Å². The molecule has 0 N–H and O–H groups in total. The smallest absolute Gasteiger partial charge is 0.348 e. The summed E-state index contributed by atoms with van der Waals surface area (Å²) in [6, 6.07) is 8.69. The van der Waals surface area contributed by atoms with Gasteiger partial charge in [0.25, 0.3) is 0 Å². The predicted octanol–water partition coefficient (Wildman–Crippen LogP) is 3.80. The summed E-state index contributed by atoms with van der Waals surface area (Å²) >= 11 is 0. The van der Waals surface area contributed by atoms with Gasteiger partial charge in [0.15, 0.2) is 11.5 Å². The minimum absolute atomic E-state index is 0.172. The number of aromatic nitrogens is 2. The van der Waals surface area contributed by atoms with Crippen LogP contribution in [0.2, 0.25) is 0 Å². The lowest BCUT2D eigenvalue weighted by molar-refractivity contribution is -0.141. The van der Waals surface area contributed by atoms with E-state index < -0.39 is 11.9 Å². The third-order valence-electron chi connectivity index (χ3n) is 3.52. The third kappa shape index (κ3) is 3.18. The molecule has 1 aromatic heterocycles. The van der Waals surface area contributed by atoms with Crippen molar-refractivity contribution in [1.29, 1.82) is 0 Å². The molecule has 0 aliphatic heterocycles. The van der Waals surface area contributed by atoms with Gasteiger partial charge in [-0.25, -0.2) is 4.39 Å². The van der Waals surface area contributed by atoms with Gasteiger partial charge in [0.2, 0.25) is 0 Å². The SMILES string of the molecule is Fc1ccccc1CN(c1ccc(C(F)(F)F)nn1)C1CC1. The van der Waals surface area contributed by atoms with E-state index in [1.54, 1.807) is 23.1 Å². The Kier molecular flexibility index (Phi) is 3.72. The molecular weight excluding hydrogens is 298 g/mol. The molecule has 1 fully saturated rings. The normalized spacial score (nSPS) is 14.9. The van der Waals surface area contributed by atoms with Gasteiger partial charge in [0.05, 0.1) is 0 Å². The molecule has 0 saturated heterocycles. The first kappa shape index (κ1) is 14.7. The summed E-state index contributed by atoms with van der Waals surface area (Å²) < 4.78 is 51.3. The van der Waals surface area contributed by atoms with Gasteiger partial charge in [-0.2, -0.15) is 13.2 Å². The summed E-state index contributed by atoms with van der Waals surface area (Å²) in [5.74, 6) is -0.00762. The Morgan fingerprint density at radius 1 is 1.05 bits per heavy atom. The number of alkyl halides is 3. The van der Waals surface area contributed by atoms with E-state index in [1.807, 2.05) is 0 Å². The van der Waals surface area contributed by atoms with Crippen LogP contribution in [0.1, 0.15) is 24.1 Å². The van der Waals surface area contributed by atoms with Gasteiger partial charge < -0.3 is 4.90 Å². The summed E-state index contributed by atoms with van der Waals surface area (Å²) in [7, 11) is 0. The second-order valence-electron chi connectivity index (χ2n) is 5.23. The highest BCUT2D eigenvalue weighted by Crippen LogP contribution is 2.33. The van der Waals surface area contributed by atoms with Crippen LogP contribution in [-0.2, 0) is 12.7 Å². The molecule has 1 aliphatic carbocycles. The topological polar surface area (TPSA) is 29.0 Å². The maximum absolute atomic E-state index is 13.8. The van der Waals surface area contributed by atoms with Crippen molar-refractivity contribution in [3.8, 4) is 0 Å². The summed E-state index contributed by atoms with van der Waals surface area (Å²) in [5.41, 5.74) is -0.547. The predicted molar refractivity (Wildman–Crippen MR) is 72.6 cm³/mol. The Morgan fingerprint density at radius 3 is 2.32 bits per heavy atom. The van der Waals surface area contributed by atoms with Crippen LogP contribution in [0.4, 0.5) is 23.4 Å². The highest BCUT2D eigenvalue weighted by molar-refractivity contribution is 5.42. The Labute approximate surface area is 124 Å². The molecule has 22 heavy (non-hydrogen) atoms. The Hall–Kier alpha value is -2.18. The molecule has 0 spiro atoms. The van der Waals surface area contributed by atoms with Crippen molar-refractivity contribution in [2.24, 2.45) is 0 Å². The first-order chi connectivity index (χ1) is 10.4. The largest absolute Gasteiger partial charge is 0.435 e. The lowest BCUT2D eigenvalue weighted by atomic mass is 10.2. The zero-order valence-electron chi connectivity index (χ0n) is 11.5. The molecule has 0 bridgehead atoms. The molecule has 0 radical (unpaired) electrons. The average Bonchev–Trinajstić information content (AvgIpc) is 3.30. The fourth-order valence-electron chi connectivity index (χ4n) is 2.22. The van der Waals surface area contributed by atoms with Crippen molar-refractivity contribution >= 4 is 5.82 Å². The molecule has 7 heteroatoms. The second-order valence-corrected chi connectivity index (χ2v) is 5.23. The van der Waals surface area contributed by atoms with E-state index in [4.69, 9.17) is 0 Å². The highest BCUT2D eigenvalue weighted by atomic mass is 19.4. The molecule has 116 valence electrons. The van der Waals surface area contributed by atoms with Gasteiger partial charge in [-0.1, -0.05) is 18.2 Å². The van der Waals surface area contributed by atoms with Gasteiger partial charge in [-0.05, 0) is 31.0 Å². The number of benzene rings is 1. The number of rotatable bonds is 4. The van der Waals surface area contributed by atoms with E-state index in [0.717, 1.165) is 18.9 Å². The molecule has 3 rings (SSSR count). The van der Waals surface area contributed by atoms with Gasteiger partial charge in [-0.15, -0.1) is 10.2 Å². The first-order valence-electron chi connectivity index (χ1n) is 6.86. The summed E-state index contributed by atoms with van der Waals surface area (Å²) in [6.07, 6.45) is -2.68. The number of nitrogens with zero attached hydrogens (tertiary/aromatic N) is 3. The summed E-state index contributed by atoms with van der Waals surface area (Å²) in [4.78, 5) is 1.80. The number of anilines is 1. The quantitative estimate of drug-likeness (QED) is 0.804. The van der Waals surface area contributed by atoms with Gasteiger partial charge in [-0.3, -0.25) is 0 Å². The second kappa shape index (κ2) is 5.55. The molecule has 0 atom stereocenters. The molecule has 0 unspecified atom stereocenters. The van der Waals surface area contributed by atoms with Crippen molar-refractivity contribution in [1.82, 2.24) is 10.2 Å². The number of halogens is 4. The minimum atomic E-state index is -4.51. The standard InChI is InChI=1S/C15H13F4N3/c16-12-4-2-1-3-10(12)9-22(11-5-6-11)14-8-7-13(20-21-14)15(17,18)19/h1-4,7-8,11H,5-6,9H2. The zero-order valence-corrected chi connectivity index (χ0v) is 11.5. The Morgan fingerprint density at radius 2 is 1.77 bits per heavy atom. The first-order valence-corrected chi connectivity index (χ1v) is 6.86. The monoisotopic (exact) mass is 311 g/mol. The lowest BCUT2D eigenvalue weighted by Gasteiger charge is -2.23. The maximum atomic E-state index is 13.8. The van der Waals surface area contributed by atoms with Gasteiger partial charge >= 0.3 is 6.18 Å². The lowest BCUT2D eigenvalue weighted by Crippen LogP contribution is -2.27. The zero-order chi connectivity index (χ0) is 15.7. The van der Waals surface area contributed by atoms with E-state index >= 15 is 0 Å². The van der Waals surface area contributed by atoms with E-state index in [2.05, 4.69) is 10.2 Å². The van der Waals surface area contributed by atoms with Gasteiger partial charge in [0, 0.05) is 18.2 Å². The van der Waals surface area contributed by atoms with Crippen LogP contribution >= 0.6 is 0 Å². The number of hydrogen-bond donors (Lipinski definition) is 0. The molecule has 1 saturated carbocycles. The van der Waals surface area contributed by atoms with Crippen LogP contribution in [-0.4, -0.2) is 16.2 Å². The van der Waals surface area contributed by atoms with Crippen molar-refractivity contribution in [2.75, 3.05) is 4.90 Å². The van der Waals surface area contributed by atoms with E-state index in [0.29, 0.717) is 11.4 Å². The van der Waals surface area contributed by atoms with Crippen molar-refractivity contribution in [2.45, 2.75) is 31.6 Å².